The fourth-order valence-corrected chi connectivity index (χ4v) is 2.68. The lowest BCUT2D eigenvalue weighted by Gasteiger charge is -2.12. The van der Waals surface area contributed by atoms with Crippen LogP contribution in [0.1, 0.15) is 0 Å². The van der Waals surface area contributed by atoms with Gasteiger partial charge in [0.1, 0.15) is 12.4 Å². The van der Waals surface area contributed by atoms with E-state index in [0.29, 0.717) is 16.8 Å². The number of phenolic OH excluding ortho intramolecular Hbond substituents is 1. The van der Waals surface area contributed by atoms with Crippen LogP contribution in [0.5, 0.6) is 11.5 Å². The number of phenols is 1. The first kappa shape index (κ1) is 17.8. The summed E-state index contributed by atoms with van der Waals surface area (Å²) < 4.78 is 12.5. The molecule has 0 atom stereocenters. The number of halogens is 1. The van der Waals surface area contributed by atoms with Crippen LogP contribution in [0, 0.1) is 0 Å². The van der Waals surface area contributed by atoms with E-state index in [4.69, 9.17) is 20.7 Å². The number of ether oxygens (including phenoxy) is 1. The van der Waals surface area contributed by atoms with Crippen molar-refractivity contribution in [3.05, 3.63) is 70.7 Å². The van der Waals surface area contributed by atoms with Crippen molar-refractivity contribution >= 4 is 27.1 Å². The first-order valence-electron chi connectivity index (χ1n) is 7.59. The summed E-state index contributed by atoms with van der Waals surface area (Å²) in [5.74, 6) is 5.66. The molecule has 0 unspecified atom stereocenters. The van der Waals surface area contributed by atoms with E-state index in [1.54, 1.807) is 0 Å². The van der Waals surface area contributed by atoms with E-state index in [1.807, 2.05) is 30.3 Å². The zero-order chi connectivity index (χ0) is 18.7. The summed E-state index contributed by atoms with van der Waals surface area (Å²) >= 11 is 2.99. The summed E-state index contributed by atoms with van der Waals surface area (Å²) in [6, 6.07) is 13.4. The van der Waals surface area contributed by atoms with Gasteiger partial charge in [-0.25, -0.2) is 5.84 Å². The van der Waals surface area contributed by atoms with E-state index >= 15 is 0 Å². The molecule has 0 bridgehead atoms. The number of hydrazine groups is 1. The van der Waals surface area contributed by atoms with Gasteiger partial charge in [-0.15, -0.1) is 0 Å². The number of aromatic hydroxyl groups is 1. The minimum absolute atomic E-state index is 0.0341. The molecule has 134 valence electrons. The van der Waals surface area contributed by atoms with Gasteiger partial charge in [-0.1, -0.05) is 30.3 Å². The molecule has 1 heterocycles. The van der Waals surface area contributed by atoms with Crippen LogP contribution in [-0.2, 0) is 0 Å². The summed E-state index contributed by atoms with van der Waals surface area (Å²) in [7, 11) is 0. The molecule has 0 fully saturated rings. The van der Waals surface area contributed by atoms with Gasteiger partial charge >= 0.3 is 0 Å². The third-order valence-corrected chi connectivity index (χ3v) is 3.77. The minimum atomic E-state index is -0.243. The number of nitrogens with two attached hydrogens (primary N) is 2. The molecule has 0 spiro atoms. The normalized spacial score (nSPS) is 11.5. The van der Waals surface area contributed by atoms with Crippen LogP contribution in [-0.4, -0.2) is 15.7 Å². The summed E-state index contributed by atoms with van der Waals surface area (Å²) in [6.07, 6.45) is 1.40. The van der Waals surface area contributed by atoms with Gasteiger partial charge in [0.25, 0.3) is 0 Å². The molecule has 0 saturated carbocycles. The smallest absolute Gasteiger partial charge is 0.205 e. The second kappa shape index (κ2) is 7.51. The van der Waals surface area contributed by atoms with Crippen molar-refractivity contribution in [3.63, 3.8) is 0 Å². The van der Waals surface area contributed by atoms with Gasteiger partial charge < -0.3 is 20.0 Å². The van der Waals surface area contributed by atoms with Crippen molar-refractivity contribution in [1.29, 1.82) is 0 Å². The van der Waals surface area contributed by atoms with Gasteiger partial charge in [-0.05, 0) is 12.1 Å². The fourth-order valence-electron chi connectivity index (χ4n) is 2.42. The molecule has 0 aliphatic rings. The Hall–Kier alpha value is -2.97. The Morgan fingerprint density at radius 3 is 2.69 bits per heavy atom. The molecule has 8 heteroatoms. The molecular formula is C18H16BrN3O4. The molecule has 0 aliphatic carbocycles. The predicted molar refractivity (Wildman–Crippen MR) is 102 cm³/mol. The van der Waals surface area contributed by atoms with E-state index in [2.05, 4.69) is 16.1 Å². The van der Waals surface area contributed by atoms with Crippen molar-refractivity contribution in [1.82, 2.24) is 4.03 Å². The molecule has 3 rings (SSSR count). The van der Waals surface area contributed by atoms with Crippen LogP contribution in [0.25, 0.3) is 22.3 Å². The van der Waals surface area contributed by atoms with Crippen LogP contribution >= 0.6 is 16.1 Å². The summed E-state index contributed by atoms with van der Waals surface area (Å²) in [5, 5.41) is 10.5. The fraction of sp³-hybridized carbons (Fsp3) is 0.0556. The van der Waals surface area contributed by atoms with Gasteiger partial charge in [0.15, 0.2) is 16.8 Å². The maximum atomic E-state index is 12.5. The molecule has 0 saturated heterocycles. The van der Waals surface area contributed by atoms with Gasteiger partial charge in [-0.2, -0.15) is 0 Å². The van der Waals surface area contributed by atoms with Crippen LogP contribution < -0.4 is 21.7 Å². The number of hydrogen-bond acceptors (Lipinski definition) is 7. The lowest BCUT2D eigenvalue weighted by molar-refractivity contribution is 0.323. The minimum Gasteiger partial charge on any atom is -0.504 e. The van der Waals surface area contributed by atoms with Crippen molar-refractivity contribution in [2.45, 2.75) is 0 Å². The first-order chi connectivity index (χ1) is 12.5. The Balaban J connectivity index is 2.09. The van der Waals surface area contributed by atoms with E-state index in [0.717, 1.165) is 9.60 Å². The maximum Gasteiger partial charge on any atom is 0.205 e. The number of rotatable bonds is 5. The number of nitrogens with zero attached hydrogens (tertiary/aromatic N) is 1. The number of hydrogen-bond donors (Lipinski definition) is 3. The third-order valence-electron chi connectivity index (χ3n) is 3.56. The Morgan fingerprint density at radius 2 is 2.00 bits per heavy atom. The molecule has 3 aromatic rings. The highest BCUT2D eigenvalue weighted by Crippen LogP contribution is 2.35. The summed E-state index contributed by atoms with van der Waals surface area (Å²) in [6.45, 7) is -0.0642. The monoisotopic (exact) mass is 417 g/mol. The molecule has 2 aromatic carbocycles. The molecule has 1 aromatic heterocycles. The van der Waals surface area contributed by atoms with Gasteiger partial charge in [-0.3, -0.25) is 8.83 Å². The molecular weight excluding hydrogens is 402 g/mol. The topological polar surface area (TPSA) is 115 Å². The zero-order valence-corrected chi connectivity index (χ0v) is 15.1. The molecule has 7 nitrogen and oxygen atoms in total. The second-order valence-electron chi connectivity index (χ2n) is 5.47. The van der Waals surface area contributed by atoms with Crippen LogP contribution in [0.15, 0.2) is 69.6 Å². The number of fused-ring (bicyclic) bond motifs is 1. The highest BCUT2D eigenvalue weighted by atomic mass is 79.9. The zero-order valence-electron chi connectivity index (χ0n) is 13.6. The van der Waals surface area contributed by atoms with Gasteiger partial charge in [0.05, 0.1) is 33.4 Å². The highest BCUT2D eigenvalue weighted by Gasteiger charge is 2.15. The average Bonchev–Trinajstić information content (AvgIpc) is 2.60. The first-order valence-corrected chi connectivity index (χ1v) is 8.30. The largest absolute Gasteiger partial charge is 0.504 e. The van der Waals surface area contributed by atoms with Crippen molar-refractivity contribution < 1.29 is 14.3 Å². The van der Waals surface area contributed by atoms with Crippen molar-refractivity contribution in [2.24, 2.45) is 11.6 Å². The maximum absolute atomic E-state index is 12.5. The molecule has 26 heavy (non-hydrogen) atoms. The Kier molecular flexibility index (Phi) is 5.15. The Morgan fingerprint density at radius 1 is 1.27 bits per heavy atom. The quantitative estimate of drug-likeness (QED) is 0.332. The molecule has 0 amide bonds. The number of benzene rings is 2. The van der Waals surface area contributed by atoms with Crippen LogP contribution in [0.3, 0.4) is 0 Å². The van der Waals surface area contributed by atoms with E-state index in [1.165, 1.54) is 24.4 Å². The lowest BCUT2D eigenvalue weighted by Crippen LogP contribution is -2.18. The summed E-state index contributed by atoms with van der Waals surface area (Å²) in [5.41, 5.74) is 6.71. The van der Waals surface area contributed by atoms with Gasteiger partial charge in [0, 0.05) is 11.6 Å². The van der Waals surface area contributed by atoms with E-state index in [-0.39, 0.29) is 29.1 Å². The molecule has 0 aliphatic heterocycles. The standard InChI is InChI=1S/C18H16BrN3O4/c19-22(21)9-12(20)10-25-18-14(23)7-6-13-15(24)8-16(26-17(13)18)11-4-2-1-3-5-11/h1-9,23H,10,20-21H2/b12-9-. The van der Waals surface area contributed by atoms with E-state index < -0.39 is 0 Å². The van der Waals surface area contributed by atoms with Crippen LogP contribution in [0.2, 0.25) is 0 Å². The van der Waals surface area contributed by atoms with Crippen molar-refractivity contribution in [2.75, 3.05) is 6.61 Å². The van der Waals surface area contributed by atoms with Crippen molar-refractivity contribution in [3.8, 4) is 22.8 Å². The Labute approximate surface area is 157 Å². The predicted octanol–water partition coefficient (Wildman–Crippen LogP) is 2.83. The lowest BCUT2D eigenvalue weighted by atomic mass is 10.1. The molecule has 0 radical (unpaired) electrons. The average molecular weight is 418 g/mol. The highest BCUT2D eigenvalue weighted by molar-refractivity contribution is 9.07. The van der Waals surface area contributed by atoms with Gasteiger partial charge in [0.2, 0.25) is 5.75 Å². The Bertz CT molecular complexity index is 1020. The summed E-state index contributed by atoms with van der Waals surface area (Å²) in [4.78, 5) is 12.5. The van der Waals surface area contributed by atoms with E-state index in [9.17, 15) is 9.90 Å². The van der Waals surface area contributed by atoms with Crippen LogP contribution in [0.4, 0.5) is 0 Å². The third kappa shape index (κ3) is 3.81. The molecule has 5 N–H and O–H groups in total. The SMILES string of the molecule is N/C(=C\N(N)Br)COc1c(O)ccc2c(=O)cc(-c3ccccc3)oc12. The second-order valence-corrected chi connectivity index (χ2v) is 6.29.